The molecule has 3 heterocycles. The van der Waals surface area contributed by atoms with Crippen LogP contribution < -0.4 is 20.7 Å². The quantitative estimate of drug-likeness (QED) is 0.498. The van der Waals surface area contributed by atoms with E-state index in [2.05, 4.69) is 22.8 Å². The first-order valence-electron chi connectivity index (χ1n) is 10.8. The van der Waals surface area contributed by atoms with Crippen molar-refractivity contribution < 1.29 is 19.2 Å². The number of carbonyl (C=O) groups excluding carboxylic acids is 2. The van der Waals surface area contributed by atoms with E-state index >= 15 is 0 Å². The van der Waals surface area contributed by atoms with Gasteiger partial charge in [0.05, 0.1) is 18.1 Å². The van der Waals surface area contributed by atoms with Crippen LogP contribution in [0.15, 0.2) is 23.6 Å². The number of carbonyl (C=O) groups is 2. The Balaban J connectivity index is 1.40. The van der Waals surface area contributed by atoms with Crippen molar-refractivity contribution in [1.82, 2.24) is 15.8 Å². The predicted octanol–water partition coefficient (Wildman–Crippen LogP) is 2.20. The van der Waals surface area contributed by atoms with Crippen LogP contribution in [-0.4, -0.2) is 61.1 Å². The van der Waals surface area contributed by atoms with Gasteiger partial charge in [0.15, 0.2) is 5.13 Å². The van der Waals surface area contributed by atoms with Gasteiger partial charge >= 0.3 is 0 Å². The molecule has 0 radical (unpaired) electrons. The zero-order valence-electron chi connectivity index (χ0n) is 18.3. The summed E-state index contributed by atoms with van der Waals surface area (Å²) < 4.78 is 5.32. The van der Waals surface area contributed by atoms with Gasteiger partial charge in [-0.25, -0.2) is 4.98 Å². The number of hydrogen-bond acceptors (Lipinski definition) is 9. The molecule has 2 saturated heterocycles. The molecule has 1 aromatic carbocycles. The molecule has 4 rings (SSSR count). The second-order valence-electron chi connectivity index (χ2n) is 8.18. The third-order valence-electron chi connectivity index (χ3n) is 5.73. The maximum absolute atomic E-state index is 12.5. The van der Waals surface area contributed by atoms with Crippen molar-refractivity contribution in [2.75, 3.05) is 49.2 Å². The average molecular weight is 475 g/mol. The Bertz CT molecular complexity index is 1040. The summed E-state index contributed by atoms with van der Waals surface area (Å²) in [6, 6.07) is 4.37. The van der Waals surface area contributed by atoms with Crippen molar-refractivity contribution in [1.29, 1.82) is 0 Å². The lowest BCUT2D eigenvalue weighted by atomic mass is 9.99. The van der Waals surface area contributed by atoms with E-state index in [9.17, 15) is 19.7 Å². The minimum atomic E-state index is -0.645. The second kappa shape index (κ2) is 10.1. The Morgan fingerprint density at radius 2 is 1.94 bits per heavy atom. The fourth-order valence-corrected chi connectivity index (χ4v) is 4.86. The maximum Gasteiger partial charge on any atom is 0.293 e. The summed E-state index contributed by atoms with van der Waals surface area (Å²) in [5, 5.41) is 14.0. The third-order valence-corrected chi connectivity index (χ3v) is 6.63. The van der Waals surface area contributed by atoms with Crippen molar-refractivity contribution in [3.63, 3.8) is 0 Å². The molecule has 2 N–H and O–H groups in total. The Hall–Kier alpha value is -3.25. The van der Waals surface area contributed by atoms with Gasteiger partial charge in [0.2, 0.25) is 0 Å². The van der Waals surface area contributed by atoms with E-state index < -0.39 is 16.7 Å². The van der Waals surface area contributed by atoms with Crippen LogP contribution in [0.4, 0.5) is 16.5 Å². The van der Waals surface area contributed by atoms with E-state index in [0.717, 1.165) is 25.9 Å². The van der Waals surface area contributed by atoms with Crippen molar-refractivity contribution >= 4 is 39.7 Å². The number of thiazole rings is 1. The predicted molar refractivity (Wildman–Crippen MR) is 124 cm³/mol. The first-order valence-corrected chi connectivity index (χ1v) is 11.7. The molecule has 0 spiro atoms. The zero-order valence-corrected chi connectivity index (χ0v) is 19.1. The molecule has 33 heavy (non-hydrogen) atoms. The molecule has 1 atom stereocenters. The molecule has 176 valence electrons. The van der Waals surface area contributed by atoms with E-state index in [-0.39, 0.29) is 16.9 Å². The number of nitrogens with zero attached hydrogens (tertiary/aromatic N) is 4. The van der Waals surface area contributed by atoms with E-state index in [1.165, 1.54) is 23.5 Å². The summed E-state index contributed by atoms with van der Waals surface area (Å²) >= 11 is 1.34. The fraction of sp³-hybridized carbons (Fsp3) is 0.476. The standard InChI is InChI=1S/C21H26N6O5S/c1-14-3-2-6-26(12-14)17-5-4-15(11-18(17)27(30)31)19(28)23-24-20(29)16-13-33-21(22-16)25-7-9-32-10-8-25/h4-5,11,13-14H,2-3,6-10,12H2,1H3,(H,23,28)(H,24,29). The summed E-state index contributed by atoms with van der Waals surface area (Å²) in [5.41, 5.74) is 5.29. The average Bonchev–Trinajstić information content (AvgIpc) is 3.33. The topological polar surface area (TPSA) is 130 Å². The second-order valence-corrected chi connectivity index (χ2v) is 9.01. The van der Waals surface area contributed by atoms with Crippen LogP contribution in [0.2, 0.25) is 0 Å². The summed E-state index contributed by atoms with van der Waals surface area (Å²) in [5.74, 6) is -0.757. The van der Waals surface area contributed by atoms with Crippen molar-refractivity contribution in [3.05, 3.63) is 45.0 Å². The minimum Gasteiger partial charge on any atom is -0.378 e. The number of hydrogen-bond donors (Lipinski definition) is 2. The van der Waals surface area contributed by atoms with E-state index in [1.807, 2.05) is 9.80 Å². The molecule has 0 bridgehead atoms. The van der Waals surface area contributed by atoms with Gasteiger partial charge in [0.1, 0.15) is 11.4 Å². The Kier molecular flexibility index (Phi) is 7.04. The summed E-state index contributed by atoms with van der Waals surface area (Å²) in [6.45, 7) is 6.23. The summed E-state index contributed by atoms with van der Waals surface area (Å²) in [6.07, 6.45) is 2.06. The van der Waals surface area contributed by atoms with Crippen LogP contribution in [0.5, 0.6) is 0 Å². The number of nitro benzene ring substituents is 1. The number of benzene rings is 1. The number of morpholine rings is 1. The largest absolute Gasteiger partial charge is 0.378 e. The normalized spacial score (nSPS) is 18.6. The Morgan fingerprint density at radius 3 is 2.67 bits per heavy atom. The molecule has 1 aromatic heterocycles. The molecule has 12 heteroatoms. The van der Waals surface area contributed by atoms with Crippen LogP contribution in [0.3, 0.4) is 0 Å². The van der Waals surface area contributed by atoms with Crippen LogP contribution in [-0.2, 0) is 4.74 Å². The molecule has 2 amide bonds. The first-order chi connectivity index (χ1) is 15.9. The summed E-state index contributed by atoms with van der Waals surface area (Å²) in [7, 11) is 0. The number of hydrazine groups is 1. The van der Waals surface area contributed by atoms with E-state index in [1.54, 1.807) is 11.4 Å². The molecule has 2 aromatic rings. The Morgan fingerprint density at radius 1 is 1.18 bits per heavy atom. The van der Waals surface area contributed by atoms with Crippen LogP contribution in [0.25, 0.3) is 0 Å². The Labute approximate surface area is 194 Å². The molecule has 2 aliphatic rings. The highest BCUT2D eigenvalue weighted by molar-refractivity contribution is 7.13. The highest BCUT2D eigenvalue weighted by Gasteiger charge is 2.25. The van der Waals surface area contributed by atoms with Crippen LogP contribution in [0, 0.1) is 16.0 Å². The molecule has 2 aliphatic heterocycles. The first kappa shape index (κ1) is 22.9. The molecule has 2 fully saturated rings. The molecule has 11 nitrogen and oxygen atoms in total. The molecule has 0 aliphatic carbocycles. The minimum absolute atomic E-state index is 0.0862. The van der Waals surface area contributed by atoms with Gasteiger partial charge in [-0.05, 0) is 30.9 Å². The van der Waals surface area contributed by atoms with Crippen LogP contribution >= 0.6 is 11.3 Å². The summed E-state index contributed by atoms with van der Waals surface area (Å²) in [4.78, 5) is 44.5. The highest BCUT2D eigenvalue weighted by Crippen LogP contribution is 2.32. The number of rotatable bonds is 5. The third kappa shape index (κ3) is 5.40. The molecular weight excluding hydrogens is 448 g/mol. The lowest BCUT2D eigenvalue weighted by Crippen LogP contribution is -2.42. The number of amides is 2. The van der Waals surface area contributed by atoms with Crippen molar-refractivity contribution in [2.45, 2.75) is 19.8 Å². The number of piperidine rings is 1. The van der Waals surface area contributed by atoms with Gasteiger partial charge in [-0.2, -0.15) is 0 Å². The lowest BCUT2D eigenvalue weighted by molar-refractivity contribution is -0.384. The SMILES string of the molecule is CC1CCCN(c2ccc(C(=O)NNC(=O)c3csc(N4CCOCC4)n3)cc2[N+](=O)[O-])C1. The maximum atomic E-state index is 12.5. The van der Waals surface area contributed by atoms with Crippen molar-refractivity contribution in [3.8, 4) is 0 Å². The lowest BCUT2D eigenvalue weighted by Gasteiger charge is -2.32. The number of nitro groups is 1. The number of ether oxygens (including phenoxy) is 1. The van der Waals surface area contributed by atoms with Gasteiger partial charge in [0.25, 0.3) is 17.5 Å². The van der Waals surface area contributed by atoms with Gasteiger partial charge in [-0.3, -0.25) is 30.6 Å². The van der Waals surface area contributed by atoms with Gasteiger partial charge in [0, 0.05) is 43.2 Å². The van der Waals surface area contributed by atoms with Crippen LogP contribution in [0.1, 0.15) is 40.6 Å². The molecule has 0 saturated carbocycles. The fourth-order valence-electron chi connectivity index (χ4n) is 4.00. The number of anilines is 2. The van der Waals surface area contributed by atoms with Crippen molar-refractivity contribution in [2.24, 2.45) is 5.92 Å². The zero-order chi connectivity index (χ0) is 23.4. The smallest absolute Gasteiger partial charge is 0.293 e. The number of aromatic nitrogens is 1. The highest BCUT2D eigenvalue weighted by atomic mass is 32.1. The monoisotopic (exact) mass is 474 g/mol. The number of nitrogens with one attached hydrogen (secondary N) is 2. The van der Waals surface area contributed by atoms with Gasteiger partial charge < -0.3 is 14.5 Å². The molecular formula is C21H26N6O5S. The van der Waals surface area contributed by atoms with Gasteiger partial charge in [-0.15, -0.1) is 11.3 Å². The van der Waals surface area contributed by atoms with E-state index in [0.29, 0.717) is 43.0 Å². The van der Waals surface area contributed by atoms with E-state index in [4.69, 9.17) is 4.74 Å². The van der Waals surface area contributed by atoms with Gasteiger partial charge in [-0.1, -0.05) is 6.92 Å². The molecule has 1 unspecified atom stereocenters.